The van der Waals surface area contributed by atoms with Crippen molar-refractivity contribution < 1.29 is 19.1 Å². The predicted octanol–water partition coefficient (Wildman–Crippen LogP) is 5.81. The SMILES string of the molecule is CCN(CC(=O)Nc1cnc2cc(Br)ccc2c1NCc1ccc(OC)cc1)C(=O)OC(C)(C)C. The first-order chi connectivity index (χ1) is 16.6. The van der Waals surface area contributed by atoms with Crippen molar-refractivity contribution >= 4 is 50.2 Å². The highest BCUT2D eigenvalue weighted by molar-refractivity contribution is 9.10. The van der Waals surface area contributed by atoms with E-state index in [0.29, 0.717) is 18.8 Å². The highest BCUT2D eigenvalue weighted by atomic mass is 79.9. The van der Waals surface area contributed by atoms with Crippen molar-refractivity contribution in [1.82, 2.24) is 9.88 Å². The minimum Gasteiger partial charge on any atom is -0.497 e. The van der Waals surface area contributed by atoms with Gasteiger partial charge in [-0.2, -0.15) is 0 Å². The fourth-order valence-electron chi connectivity index (χ4n) is 3.38. The topological polar surface area (TPSA) is 92.8 Å². The second kappa shape index (κ2) is 11.4. The van der Waals surface area contributed by atoms with Crippen LogP contribution in [0.5, 0.6) is 5.75 Å². The molecule has 3 rings (SSSR count). The zero-order valence-electron chi connectivity index (χ0n) is 20.6. The van der Waals surface area contributed by atoms with E-state index < -0.39 is 11.7 Å². The molecule has 9 heteroatoms. The summed E-state index contributed by atoms with van der Waals surface area (Å²) >= 11 is 3.48. The van der Waals surface area contributed by atoms with Crippen LogP contribution in [0, 0.1) is 0 Å². The van der Waals surface area contributed by atoms with Crippen LogP contribution in [0.4, 0.5) is 16.2 Å². The lowest BCUT2D eigenvalue weighted by atomic mass is 10.1. The van der Waals surface area contributed by atoms with Gasteiger partial charge in [0, 0.05) is 22.9 Å². The Morgan fingerprint density at radius 3 is 2.46 bits per heavy atom. The average Bonchev–Trinajstić information content (AvgIpc) is 2.80. The van der Waals surface area contributed by atoms with Gasteiger partial charge in [0.15, 0.2) is 0 Å². The second-order valence-electron chi connectivity index (χ2n) is 8.95. The van der Waals surface area contributed by atoms with Gasteiger partial charge in [0.2, 0.25) is 5.91 Å². The Kier molecular flexibility index (Phi) is 8.56. The van der Waals surface area contributed by atoms with Crippen LogP contribution in [-0.2, 0) is 16.1 Å². The molecule has 2 aromatic carbocycles. The van der Waals surface area contributed by atoms with Gasteiger partial charge in [0.25, 0.3) is 0 Å². The number of methoxy groups -OCH3 is 1. The molecule has 0 saturated carbocycles. The van der Waals surface area contributed by atoms with Gasteiger partial charge in [-0.15, -0.1) is 0 Å². The fraction of sp³-hybridized carbons (Fsp3) is 0.346. The summed E-state index contributed by atoms with van der Waals surface area (Å²) in [6.45, 7) is 7.90. The number of hydrogen-bond acceptors (Lipinski definition) is 6. The molecular weight excluding hydrogens is 512 g/mol. The normalized spacial score (nSPS) is 11.1. The molecule has 1 heterocycles. The first kappa shape index (κ1) is 26.3. The van der Waals surface area contributed by atoms with Crippen LogP contribution >= 0.6 is 15.9 Å². The molecule has 0 radical (unpaired) electrons. The van der Waals surface area contributed by atoms with Crippen LogP contribution in [0.2, 0.25) is 0 Å². The number of carbonyl (C=O) groups is 2. The van der Waals surface area contributed by atoms with Crippen LogP contribution in [-0.4, -0.2) is 47.7 Å². The minimum atomic E-state index is -0.643. The highest BCUT2D eigenvalue weighted by Gasteiger charge is 2.23. The van der Waals surface area contributed by atoms with Crippen molar-refractivity contribution in [3.63, 3.8) is 0 Å². The van der Waals surface area contributed by atoms with Gasteiger partial charge in [-0.3, -0.25) is 14.7 Å². The maximum Gasteiger partial charge on any atom is 0.410 e. The highest BCUT2D eigenvalue weighted by Crippen LogP contribution is 2.32. The quantitative estimate of drug-likeness (QED) is 0.373. The summed E-state index contributed by atoms with van der Waals surface area (Å²) in [5.74, 6) is 0.440. The molecule has 2 amide bonds. The fourth-order valence-corrected chi connectivity index (χ4v) is 3.73. The lowest BCUT2D eigenvalue weighted by Crippen LogP contribution is -2.41. The monoisotopic (exact) mass is 542 g/mol. The van der Waals surface area contributed by atoms with Gasteiger partial charge in [-0.05, 0) is 63.6 Å². The Balaban J connectivity index is 1.83. The summed E-state index contributed by atoms with van der Waals surface area (Å²) in [6.07, 6.45) is 1.08. The number of hydrogen-bond donors (Lipinski definition) is 2. The zero-order valence-corrected chi connectivity index (χ0v) is 22.2. The standard InChI is InChI=1S/C26H31BrN4O4/c1-6-31(25(33)35-26(2,3)4)16-23(32)30-22-15-28-21-13-18(27)9-12-20(21)24(22)29-14-17-7-10-19(34-5)11-8-17/h7-13,15H,6,14,16H2,1-5H3,(H,28,29)(H,30,32). The van der Waals surface area contributed by atoms with Crippen LogP contribution in [0.1, 0.15) is 33.3 Å². The number of amides is 2. The third kappa shape index (κ3) is 7.32. The number of rotatable bonds is 8. The third-order valence-corrected chi connectivity index (χ3v) is 5.59. The van der Waals surface area contributed by atoms with Gasteiger partial charge < -0.3 is 20.1 Å². The molecule has 0 saturated heterocycles. The van der Waals surface area contributed by atoms with Crippen LogP contribution in [0.15, 0.2) is 53.1 Å². The third-order valence-electron chi connectivity index (χ3n) is 5.10. The number of fused-ring (bicyclic) bond motifs is 1. The Morgan fingerprint density at radius 2 is 1.83 bits per heavy atom. The molecule has 186 valence electrons. The smallest absolute Gasteiger partial charge is 0.410 e. The maximum absolute atomic E-state index is 12.9. The van der Waals surface area contributed by atoms with E-state index in [2.05, 4.69) is 31.5 Å². The molecular formula is C26H31BrN4O4. The van der Waals surface area contributed by atoms with Gasteiger partial charge >= 0.3 is 6.09 Å². The van der Waals surface area contributed by atoms with Crippen molar-refractivity contribution in [1.29, 1.82) is 0 Å². The van der Waals surface area contributed by atoms with Gasteiger partial charge in [0.05, 0.1) is 30.2 Å². The largest absolute Gasteiger partial charge is 0.497 e. The Morgan fingerprint density at radius 1 is 1.11 bits per heavy atom. The van der Waals surface area contributed by atoms with E-state index in [1.54, 1.807) is 41.0 Å². The zero-order chi connectivity index (χ0) is 25.6. The molecule has 0 atom stereocenters. The summed E-state index contributed by atoms with van der Waals surface area (Å²) in [7, 11) is 1.63. The van der Waals surface area contributed by atoms with E-state index in [1.807, 2.05) is 42.5 Å². The van der Waals surface area contributed by atoms with Crippen LogP contribution < -0.4 is 15.4 Å². The first-order valence-corrected chi connectivity index (χ1v) is 12.1. The Hall–Kier alpha value is -3.33. The lowest BCUT2D eigenvalue weighted by molar-refractivity contribution is -0.117. The maximum atomic E-state index is 12.9. The second-order valence-corrected chi connectivity index (χ2v) is 9.87. The predicted molar refractivity (Wildman–Crippen MR) is 142 cm³/mol. The average molecular weight is 543 g/mol. The van der Waals surface area contributed by atoms with Gasteiger partial charge in [-0.1, -0.05) is 28.1 Å². The summed E-state index contributed by atoms with van der Waals surface area (Å²) in [6, 6.07) is 13.5. The molecule has 0 bridgehead atoms. The number of anilines is 2. The van der Waals surface area contributed by atoms with Crippen molar-refractivity contribution in [3.8, 4) is 5.75 Å². The number of nitrogens with zero attached hydrogens (tertiary/aromatic N) is 2. The molecule has 2 N–H and O–H groups in total. The van der Waals surface area contributed by atoms with E-state index in [4.69, 9.17) is 9.47 Å². The number of carbonyl (C=O) groups excluding carboxylic acids is 2. The number of aromatic nitrogens is 1. The molecule has 0 spiro atoms. The number of halogens is 1. The van der Waals surface area contributed by atoms with E-state index in [9.17, 15) is 9.59 Å². The van der Waals surface area contributed by atoms with E-state index in [-0.39, 0.29) is 12.5 Å². The summed E-state index contributed by atoms with van der Waals surface area (Å²) < 4.78 is 11.5. The van der Waals surface area contributed by atoms with Crippen LogP contribution in [0.3, 0.4) is 0 Å². The number of nitrogens with one attached hydrogen (secondary N) is 2. The first-order valence-electron chi connectivity index (χ1n) is 11.3. The summed E-state index contributed by atoms with van der Waals surface area (Å²) in [4.78, 5) is 31.2. The molecule has 0 unspecified atom stereocenters. The van der Waals surface area contributed by atoms with Gasteiger partial charge in [0.1, 0.15) is 17.9 Å². The molecule has 0 fully saturated rings. The van der Waals surface area contributed by atoms with Crippen molar-refractivity contribution in [3.05, 3.63) is 58.7 Å². The number of pyridine rings is 1. The molecule has 0 aliphatic rings. The number of benzene rings is 2. The molecule has 1 aromatic heterocycles. The Bertz CT molecular complexity index is 1190. The summed E-state index contributed by atoms with van der Waals surface area (Å²) in [5, 5.41) is 7.21. The summed E-state index contributed by atoms with van der Waals surface area (Å²) in [5.41, 5.74) is 2.45. The van der Waals surface area contributed by atoms with Crippen LogP contribution in [0.25, 0.3) is 10.9 Å². The molecule has 0 aliphatic carbocycles. The van der Waals surface area contributed by atoms with Crippen molar-refractivity contribution in [2.45, 2.75) is 39.8 Å². The minimum absolute atomic E-state index is 0.137. The molecule has 3 aromatic rings. The van der Waals surface area contributed by atoms with Crippen molar-refractivity contribution in [2.75, 3.05) is 30.8 Å². The Labute approximate surface area is 214 Å². The lowest BCUT2D eigenvalue weighted by Gasteiger charge is -2.26. The van der Waals surface area contributed by atoms with Gasteiger partial charge in [-0.25, -0.2) is 4.79 Å². The van der Waals surface area contributed by atoms with Crippen molar-refractivity contribution in [2.24, 2.45) is 0 Å². The number of ether oxygens (including phenoxy) is 2. The van der Waals surface area contributed by atoms with E-state index in [1.165, 1.54) is 4.90 Å². The molecule has 35 heavy (non-hydrogen) atoms. The van der Waals surface area contributed by atoms with E-state index in [0.717, 1.165) is 32.4 Å². The number of likely N-dealkylation sites (N-methyl/N-ethyl adjacent to an activating group) is 1. The van der Waals surface area contributed by atoms with E-state index >= 15 is 0 Å². The molecule has 0 aliphatic heterocycles. The molecule has 8 nitrogen and oxygen atoms in total.